The number of sulfone groups is 1. The van der Waals surface area contributed by atoms with Crippen LogP contribution in [0.5, 0.6) is 0 Å². The van der Waals surface area contributed by atoms with Gasteiger partial charge in [-0.25, -0.2) is 8.42 Å². The first-order chi connectivity index (χ1) is 10.2. The van der Waals surface area contributed by atoms with Gasteiger partial charge in [0.2, 0.25) is 11.8 Å². The minimum absolute atomic E-state index is 0.0616. The fourth-order valence-electron chi connectivity index (χ4n) is 2.21. The maximum absolute atomic E-state index is 11.8. The molecule has 2 N–H and O–H groups in total. The number of anilines is 1. The third-order valence-electron chi connectivity index (χ3n) is 3.37. The third kappa shape index (κ3) is 4.71. The van der Waals surface area contributed by atoms with Crippen LogP contribution in [-0.2, 0) is 19.4 Å². The largest absolute Gasteiger partial charge is 0.352 e. The van der Waals surface area contributed by atoms with Crippen LogP contribution in [0.3, 0.4) is 0 Å². The summed E-state index contributed by atoms with van der Waals surface area (Å²) in [6, 6.07) is 4.66. The van der Waals surface area contributed by atoms with Crippen LogP contribution in [0.1, 0.15) is 18.4 Å². The highest BCUT2D eigenvalue weighted by Crippen LogP contribution is 2.20. The number of carbonyl (C=O) groups is 2. The predicted molar refractivity (Wildman–Crippen MR) is 84.6 cm³/mol. The smallest absolute Gasteiger partial charge is 0.233 e. The summed E-state index contributed by atoms with van der Waals surface area (Å²) in [5, 5.41) is 5.67. The van der Waals surface area contributed by atoms with Crippen molar-refractivity contribution in [1.82, 2.24) is 5.32 Å². The average molecular weight is 345 g/mol. The van der Waals surface area contributed by atoms with E-state index < -0.39 is 27.7 Å². The number of hydrogen-bond donors (Lipinski definition) is 2. The van der Waals surface area contributed by atoms with Crippen molar-refractivity contribution in [3.05, 3.63) is 28.8 Å². The van der Waals surface area contributed by atoms with Crippen molar-refractivity contribution in [1.29, 1.82) is 0 Å². The van der Waals surface area contributed by atoms with Crippen molar-refractivity contribution < 1.29 is 18.0 Å². The molecule has 120 valence electrons. The molecule has 1 aliphatic rings. The molecule has 0 aromatic heterocycles. The van der Waals surface area contributed by atoms with Crippen LogP contribution in [0.15, 0.2) is 18.2 Å². The molecule has 1 fully saturated rings. The summed E-state index contributed by atoms with van der Waals surface area (Å²) in [7, 11) is -3.06. The second-order valence-corrected chi connectivity index (χ2v) is 7.99. The van der Waals surface area contributed by atoms with E-state index in [-0.39, 0.29) is 17.9 Å². The van der Waals surface area contributed by atoms with Gasteiger partial charge >= 0.3 is 0 Å². The van der Waals surface area contributed by atoms with Crippen molar-refractivity contribution in [3.63, 3.8) is 0 Å². The molecule has 0 spiro atoms. The standard InChI is InChI=1S/C14H17ClN2O4S/c1-9-2-3-10(6-12(9)15)16-13(18)7-14(19)17-11-4-5-22(20,21)8-11/h2-3,6,11H,4-5,7-8H2,1H3,(H,16,18)(H,17,19). The Kier molecular flexibility index (Phi) is 5.08. The van der Waals surface area contributed by atoms with Crippen molar-refractivity contribution in [2.24, 2.45) is 0 Å². The Morgan fingerprint density at radius 3 is 2.64 bits per heavy atom. The van der Waals surface area contributed by atoms with Crippen molar-refractivity contribution in [2.75, 3.05) is 16.8 Å². The molecular formula is C14H17ClN2O4S. The molecule has 2 rings (SSSR count). The van der Waals surface area contributed by atoms with Crippen molar-refractivity contribution in [2.45, 2.75) is 25.8 Å². The average Bonchev–Trinajstić information content (AvgIpc) is 2.72. The number of benzene rings is 1. The molecule has 1 atom stereocenters. The van der Waals surface area contributed by atoms with Gasteiger partial charge in [0, 0.05) is 16.8 Å². The molecule has 22 heavy (non-hydrogen) atoms. The highest BCUT2D eigenvalue weighted by Gasteiger charge is 2.29. The van der Waals surface area contributed by atoms with Crippen LogP contribution in [0.4, 0.5) is 5.69 Å². The zero-order chi connectivity index (χ0) is 16.3. The van der Waals surface area contributed by atoms with Crippen LogP contribution >= 0.6 is 11.6 Å². The molecule has 1 saturated heterocycles. The lowest BCUT2D eigenvalue weighted by molar-refractivity contribution is -0.127. The third-order valence-corrected chi connectivity index (χ3v) is 5.55. The van der Waals surface area contributed by atoms with Crippen LogP contribution in [0.25, 0.3) is 0 Å². The molecule has 1 aliphatic heterocycles. The summed E-state index contributed by atoms with van der Waals surface area (Å²) in [6.45, 7) is 1.84. The second-order valence-electron chi connectivity index (χ2n) is 5.36. The van der Waals surface area contributed by atoms with Gasteiger partial charge in [0.25, 0.3) is 0 Å². The number of halogens is 1. The summed E-state index contributed by atoms with van der Waals surface area (Å²) in [6.07, 6.45) is 0.0330. The first kappa shape index (κ1) is 16.8. The van der Waals surface area contributed by atoms with E-state index in [0.717, 1.165) is 5.56 Å². The summed E-state index contributed by atoms with van der Waals surface area (Å²) in [5.41, 5.74) is 1.40. The van der Waals surface area contributed by atoms with Crippen LogP contribution in [-0.4, -0.2) is 37.8 Å². The molecule has 8 heteroatoms. The van der Waals surface area contributed by atoms with Gasteiger partial charge in [0.15, 0.2) is 9.84 Å². The minimum atomic E-state index is -3.06. The number of hydrogen-bond acceptors (Lipinski definition) is 4. The van der Waals surface area contributed by atoms with E-state index in [1.165, 1.54) is 0 Å². The summed E-state index contributed by atoms with van der Waals surface area (Å²) in [5.74, 6) is -0.948. The Morgan fingerprint density at radius 2 is 2.05 bits per heavy atom. The molecule has 0 radical (unpaired) electrons. The van der Waals surface area contributed by atoms with E-state index in [4.69, 9.17) is 11.6 Å². The molecule has 2 amide bonds. The van der Waals surface area contributed by atoms with Gasteiger partial charge in [-0.15, -0.1) is 0 Å². The van der Waals surface area contributed by atoms with E-state index in [9.17, 15) is 18.0 Å². The molecule has 1 heterocycles. The highest BCUT2D eigenvalue weighted by molar-refractivity contribution is 7.91. The Morgan fingerprint density at radius 1 is 1.32 bits per heavy atom. The van der Waals surface area contributed by atoms with E-state index >= 15 is 0 Å². The zero-order valence-electron chi connectivity index (χ0n) is 12.1. The number of carbonyl (C=O) groups excluding carboxylic acids is 2. The van der Waals surface area contributed by atoms with Gasteiger partial charge in [0.05, 0.1) is 11.5 Å². The minimum Gasteiger partial charge on any atom is -0.352 e. The SMILES string of the molecule is Cc1ccc(NC(=O)CC(=O)NC2CCS(=O)(=O)C2)cc1Cl. The monoisotopic (exact) mass is 344 g/mol. The topological polar surface area (TPSA) is 92.3 Å². The van der Waals surface area contributed by atoms with Crippen LogP contribution in [0.2, 0.25) is 5.02 Å². The van der Waals surface area contributed by atoms with Gasteiger partial charge in [-0.05, 0) is 31.0 Å². The maximum Gasteiger partial charge on any atom is 0.233 e. The van der Waals surface area contributed by atoms with Crippen LogP contribution in [0, 0.1) is 6.92 Å². The second kappa shape index (κ2) is 6.66. The molecule has 0 saturated carbocycles. The first-order valence-corrected chi connectivity index (χ1v) is 9.01. The maximum atomic E-state index is 11.8. The number of amides is 2. The molecule has 1 aromatic carbocycles. The van der Waals surface area contributed by atoms with E-state index in [1.54, 1.807) is 18.2 Å². The summed E-state index contributed by atoms with van der Waals surface area (Å²) >= 11 is 5.96. The number of nitrogens with one attached hydrogen (secondary N) is 2. The molecular weight excluding hydrogens is 328 g/mol. The lowest BCUT2D eigenvalue weighted by Gasteiger charge is -2.11. The highest BCUT2D eigenvalue weighted by atomic mass is 35.5. The first-order valence-electron chi connectivity index (χ1n) is 6.81. The fraction of sp³-hybridized carbons (Fsp3) is 0.429. The Bertz CT molecular complexity index is 703. The Hall–Kier alpha value is -1.60. The summed E-state index contributed by atoms with van der Waals surface area (Å²) < 4.78 is 22.6. The molecule has 1 aromatic rings. The lowest BCUT2D eigenvalue weighted by atomic mass is 10.2. The van der Waals surface area contributed by atoms with E-state index in [1.807, 2.05) is 6.92 Å². The molecule has 6 nitrogen and oxygen atoms in total. The predicted octanol–water partition coefficient (Wildman–Crippen LogP) is 1.28. The molecule has 0 aliphatic carbocycles. The van der Waals surface area contributed by atoms with E-state index in [2.05, 4.69) is 10.6 Å². The quantitative estimate of drug-likeness (QED) is 0.805. The number of rotatable bonds is 4. The van der Waals surface area contributed by atoms with Crippen LogP contribution < -0.4 is 10.6 Å². The fourth-order valence-corrected chi connectivity index (χ4v) is 4.06. The van der Waals surface area contributed by atoms with Gasteiger partial charge < -0.3 is 10.6 Å². The summed E-state index contributed by atoms with van der Waals surface area (Å²) in [4.78, 5) is 23.5. The molecule has 0 bridgehead atoms. The lowest BCUT2D eigenvalue weighted by Crippen LogP contribution is -2.37. The number of aryl methyl sites for hydroxylation is 1. The van der Waals surface area contributed by atoms with Gasteiger partial charge in [-0.3, -0.25) is 9.59 Å². The zero-order valence-corrected chi connectivity index (χ0v) is 13.6. The van der Waals surface area contributed by atoms with E-state index in [0.29, 0.717) is 17.1 Å². The normalized spacial score (nSPS) is 19.6. The van der Waals surface area contributed by atoms with Gasteiger partial charge in [-0.1, -0.05) is 17.7 Å². The van der Waals surface area contributed by atoms with Crippen molar-refractivity contribution >= 4 is 38.9 Å². The van der Waals surface area contributed by atoms with Gasteiger partial charge in [-0.2, -0.15) is 0 Å². The van der Waals surface area contributed by atoms with Gasteiger partial charge in [0.1, 0.15) is 6.42 Å². The van der Waals surface area contributed by atoms with Crippen molar-refractivity contribution in [3.8, 4) is 0 Å². The molecule has 1 unspecified atom stereocenters. The Labute approximate surface area is 134 Å². The Balaban J connectivity index is 1.84.